The SMILES string of the molecule is C[C@H](Nc1ncnc(N)c1C#N)c1cc2ccc(F)cc2nc1-c1ccccc1S(C)(=O)=O.O=Cc1cc2ccc(F)cc2nc1Cl. The summed E-state index contributed by atoms with van der Waals surface area (Å²) in [5.74, 6) is -0.553. The van der Waals surface area contributed by atoms with Crippen LogP contribution in [-0.4, -0.2) is 40.9 Å². The molecule has 3 N–H and O–H groups in total. The molecule has 0 radical (unpaired) electrons. The van der Waals surface area contributed by atoms with Crippen molar-refractivity contribution in [3.63, 3.8) is 0 Å². The summed E-state index contributed by atoms with van der Waals surface area (Å²) in [6.07, 6.45) is 2.99. The van der Waals surface area contributed by atoms with Crippen molar-refractivity contribution in [1.29, 1.82) is 5.26 Å². The second-order valence-electron chi connectivity index (χ2n) is 10.3. The first-order chi connectivity index (χ1) is 22.4. The Labute approximate surface area is 272 Å². The standard InChI is InChI=1S/C23H19FN6O2S.C10H5ClFNO/c1-13(29-23-18(11-25)22(26)27-12-28-23)17-9-14-7-8-15(24)10-19(14)30-21(17)16-5-3-4-6-20(16)33(2,31)32;11-10-7(5-14)3-6-1-2-8(12)4-9(6)13-10/h3-10,12-13H,1-2H3,(H3,26,27,28,29);1-5H/t13-;/m0./s1. The molecule has 236 valence electrons. The number of hydrogen-bond acceptors (Lipinski definition) is 10. The van der Waals surface area contributed by atoms with Crippen molar-refractivity contribution in [3.8, 4) is 17.3 Å². The van der Waals surface area contributed by atoms with E-state index in [4.69, 9.17) is 17.3 Å². The molecule has 3 aromatic carbocycles. The van der Waals surface area contributed by atoms with Crippen LogP contribution in [0.3, 0.4) is 0 Å². The number of fused-ring (bicyclic) bond motifs is 2. The number of carbonyl (C=O) groups excluding carboxylic acids is 1. The molecule has 1 atom stereocenters. The van der Waals surface area contributed by atoms with Crippen LogP contribution >= 0.6 is 11.6 Å². The number of rotatable bonds is 6. The summed E-state index contributed by atoms with van der Waals surface area (Å²) in [5, 5.41) is 14.0. The lowest BCUT2D eigenvalue weighted by Gasteiger charge is -2.21. The third-order valence-electron chi connectivity index (χ3n) is 7.05. The van der Waals surface area contributed by atoms with Gasteiger partial charge in [-0.05, 0) is 49.4 Å². The highest BCUT2D eigenvalue weighted by Crippen LogP contribution is 2.35. The number of hydrogen-bond donors (Lipinski definition) is 2. The van der Waals surface area contributed by atoms with Crippen LogP contribution < -0.4 is 11.1 Å². The van der Waals surface area contributed by atoms with Crippen LogP contribution in [0.2, 0.25) is 5.15 Å². The highest BCUT2D eigenvalue weighted by atomic mass is 35.5. The number of aldehydes is 1. The topological polar surface area (TPSA) is 165 Å². The summed E-state index contributed by atoms with van der Waals surface area (Å²) >= 11 is 5.69. The van der Waals surface area contributed by atoms with Crippen molar-refractivity contribution < 1.29 is 22.0 Å². The van der Waals surface area contributed by atoms with Crippen LogP contribution in [0.1, 0.15) is 34.5 Å². The molecule has 0 aliphatic rings. The van der Waals surface area contributed by atoms with E-state index in [-0.39, 0.29) is 33.1 Å². The van der Waals surface area contributed by atoms with Crippen LogP contribution in [0.15, 0.2) is 84.0 Å². The van der Waals surface area contributed by atoms with Crippen molar-refractivity contribution in [2.75, 3.05) is 17.3 Å². The van der Waals surface area contributed by atoms with Crippen LogP contribution in [0.4, 0.5) is 20.4 Å². The van der Waals surface area contributed by atoms with E-state index in [0.29, 0.717) is 50.5 Å². The molecular weight excluding hydrogens is 648 g/mol. The fourth-order valence-electron chi connectivity index (χ4n) is 4.81. The molecule has 10 nitrogen and oxygen atoms in total. The number of anilines is 2. The van der Waals surface area contributed by atoms with Gasteiger partial charge in [0.25, 0.3) is 0 Å². The molecule has 6 rings (SSSR count). The number of nitrogens with zero attached hydrogens (tertiary/aromatic N) is 5. The van der Waals surface area contributed by atoms with Gasteiger partial charge in [0.2, 0.25) is 0 Å². The Bertz CT molecular complexity index is 2330. The minimum Gasteiger partial charge on any atom is -0.382 e. The molecule has 0 unspecified atom stereocenters. The van der Waals surface area contributed by atoms with Crippen molar-refractivity contribution in [2.24, 2.45) is 0 Å². The molecule has 3 aromatic heterocycles. The van der Waals surface area contributed by atoms with E-state index in [1.807, 2.05) is 19.1 Å². The molecule has 0 saturated carbocycles. The van der Waals surface area contributed by atoms with E-state index in [1.165, 1.54) is 36.7 Å². The first-order valence-electron chi connectivity index (χ1n) is 13.8. The Balaban J connectivity index is 0.000000257. The van der Waals surface area contributed by atoms with Gasteiger partial charge in [-0.2, -0.15) is 5.26 Å². The summed E-state index contributed by atoms with van der Waals surface area (Å²) in [6.45, 7) is 1.82. The molecule has 0 aliphatic heterocycles. The van der Waals surface area contributed by atoms with Gasteiger partial charge in [0, 0.05) is 40.3 Å². The number of nitriles is 1. The van der Waals surface area contributed by atoms with E-state index < -0.39 is 21.7 Å². The maximum atomic E-state index is 13.9. The Hall–Kier alpha value is -5.58. The summed E-state index contributed by atoms with van der Waals surface area (Å²) in [6, 6.07) is 19.8. The Kier molecular flexibility index (Phi) is 9.36. The zero-order valence-corrected chi connectivity index (χ0v) is 26.3. The third-order valence-corrected chi connectivity index (χ3v) is 8.50. The van der Waals surface area contributed by atoms with Crippen LogP contribution in [0, 0.1) is 23.0 Å². The highest BCUT2D eigenvalue weighted by molar-refractivity contribution is 7.90. The smallest absolute Gasteiger partial charge is 0.176 e. The number of aromatic nitrogens is 4. The molecule has 14 heteroatoms. The number of benzene rings is 3. The molecule has 47 heavy (non-hydrogen) atoms. The van der Waals surface area contributed by atoms with Gasteiger partial charge < -0.3 is 11.1 Å². The normalized spacial score (nSPS) is 11.7. The minimum absolute atomic E-state index is 0.0388. The third kappa shape index (κ3) is 7.14. The number of nitrogens with two attached hydrogens (primary N) is 1. The van der Waals surface area contributed by atoms with E-state index >= 15 is 0 Å². The first-order valence-corrected chi connectivity index (χ1v) is 16.0. The molecule has 0 fully saturated rings. The lowest BCUT2D eigenvalue weighted by molar-refractivity contribution is 0.112. The average molecular weight is 672 g/mol. The summed E-state index contributed by atoms with van der Waals surface area (Å²) in [7, 11) is -3.58. The average Bonchev–Trinajstić information content (AvgIpc) is 3.03. The van der Waals surface area contributed by atoms with Gasteiger partial charge in [0.05, 0.1) is 33.2 Å². The summed E-state index contributed by atoms with van der Waals surface area (Å²) in [4.78, 5) is 27.1. The summed E-state index contributed by atoms with van der Waals surface area (Å²) < 4.78 is 51.6. The highest BCUT2D eigenvalue weighted by Gasteiger charge is 2.22. The second-order valence-corrected chi connectivity index (χ2v) is 12.7. The maximum absolute atomic E-state index is 13.9. The van der Waals surface area contributed by atoms with E-state index in [0.717, 1.165) is 6.26 Å². The van der Waals surface area contributed by atoms with E-state index in [2.05, 4.69) is 25.3 Å². The van der Waals surface area contributed by atoms with E-state index in [9.17, 15) is 27.3 Å². The molecule has 0 aliphatic carbocycles. The summed E-state index contributed by atoms with van der Waals surface area (Å²) in [5.41, 5.74) is 8.42. The van der Waals surface area contributed by atoms with Gasteiger partial charge in [0.15, 0.2) is 16.1 Å². The van der Waals surface area contributed by atoms with Gasteiger partial charge in [-0.3, -0.25) is 4.79 Å². The number of nitrogens with one attached hydrogen (secondary N) is 1. The zero-order chi connectivity index (χ0) is 33.9. The van der Waals surface area contributed by atoms with Gasteiger partial charge in [-0.15, -0.1) is 0 Å². The molecule has 6 aromatic rings. The van der Waals surface area contributed by atoms with Gasteiger partial charge in [-0.1, -0.05) is 29.8 Å². The van der Waals surface area contributed by atoms with Crippen LogP contribution in [0.5, 0.6) is 0 Å². The number of nitrogen functional groups attached to an aromatic ring is 1. The fourth-order valence-corrected chi connectivity index (χ4v) is 5.89. The number of sulfone groups is 1. The molecule has 3 heterocycles. The Morgan fingerprint density at radius 2 is 1.60 bits per heavy atom. The second kappa shape index (κ2) is 13.4. The fraction of sp³-hybridized carbons (Fsp3) is 0.0909. The monoisotopic (exact) mass is 671 g/mol. The number of carbonyl (C=O) groups is 1. The minimum atomic E-state index is -3.58. The maximum Gasteiger partial charge on any atom is 0.176 e. The Morgan fingerprint density at radius 1 is 0.957 bits per heavy atom. The Morgan fingerprint density at radius 3 is 2.23 bits per heavy atom. The number of pyridine rings is 2. The van der Waals surface area contributed by atoms with E-state index in [1.54, 1.807) is 36.4 Å². The zero-order valence-electron chi connectivity index (χ0n) is 24.7. The largest absolute Gasteiger partial charge is 0.382 e. The first kappa shape index (κ1) is 32.8. The molecule has 0 bridgehead atoms. The van der Waals surface area contributed by atoms with Crippen molar-refractivity contribution >= 4 is 61.2 Å². The quantitative estimate of drug-likeness (QED) is 0.144. The predicted octanol–water partition coefficient (Wildman–Crippen LogP) is 6.70. The lowest BCUT2D eigenvalue weighted by Crippen LogP contribution is -2.13. The molecule has 0 spiro atoms. The molecule has 0 amide bonds. The lowest BCUT2D eigenvalue weighted by atomic mass is 9.98. The number of halogens is 3. The van der Waals surface area contributed by atoms with Crippen molar-refractivity contribution in [1.82, 2.24) is 19.9 Å². The van der Waals surface area contributed by atoms with Crippen molar-refractivity contribution in [2.45, 2.75) is 17.9 Å². The van der Waals surface area contributed by atoms with Gasteiger partial charge >= 0.3 is 0 Å². The molecule has 0 saturated heterocycles. The van der Waals surface area contributed by atoms with Crippen LogP contribution in [-0.2, 0) is 9.84 Å². The van der Waals surface area contributed by atoms with Crippen LogP contribution in [0.25, 0.3) is 33.1 Å². The van der Waals surface area contributed by atoms with Crippen molar-refractivity contribution in [3.05, 3.63) is 113 Å². The van der Waals surface area contributed by atoms with Gasteiger partial charge in [0.1, 0.15) is 46.4 Å². The predicted molar refractivity (Wildman–Crippen MR) is 176 cm³/mol. The van der Waals surface area contributed by atoms with Gasteiger partial charge in [-0.25, -0.2) is 37.1 Å². The molecular formula is C33H24ClF2N7O3S.